The highest BCUT2D eigenvalue weighted by molar-refractivity contribution is 5.92. The van der Waals surface area contributed by atoms with Gasteiger partial charge in [0, 0.05) is 18.6 Å². The predicted molar refractivity (Wildman–Crippen MR) is 102 cm³/mol. The van der Waals surface area contributed by atoms with Gasteiger partial charge in [-0.05, 0) is 37.3 Å². The molecule has 0 spiro atoms. The first-order chi connectivity index (χ1) is 13.6. The molecule has 1 amide bonds. The van der Waals surface area contributed by atoms with E-state index in [1.807, 2.05) is 25.7 Å². The molecular weight excluding hydrogens is 383 g/mol. The summed E-state index contributed by atoms with van der Waals surface area (Å²) in [6.07, 6.45) is -1.09. The number of alkyl halides is 3. The van der Waals surface area contributed by atoms with E-state index in [9.17, 15) is 18.0 Å². The quantitative estimate of drug-likeness (QED) is 0.691. The molecule has 1 saturated carbocycles. The Hall–Kier alpha value is -2.35. The maximum atomic E-state index is 13.0. The molecule has 5 nitrogen and oxygen atoms in total. The van der Waals surface area contributed by atoms with Crippen molar-refractivity contribution in [1.29, 1.82) is 0 Å². The lowest BCUT2D eigenvalue weighted by molar-refractivity contribution is -0.137. The van der Waals surface area contributed by atoms with Crippen molar-refractivity contribution in [3.63, 3.8) is 0 Å². The number of carbonyl (C=O) groups is 1. The lowest BCUT2D eigenvalue weighted by atomic mass is 10.0. The Bertz CT molecular complexity index is 844. The Morgan fingerprint density at radius 1 is 1.28 bits per heavy atom. The van der Waals surface area contributed by atoms with Gasteiger partial charge in [0.05, 0.1) is 12.1 Å². The normalized spacial score (nSPS) is 15.7. The number of carbonyl (C=O) groups excluding carboxylic acids is 1. The molecule has 3 rings (SSSR count). The molecule has 0 unspecified atom stereocenters. The molecule has 1 aliphatic carbocycles. The van der Waals surface area contributed by atoms with Gasteiger partial charge >= 0.3 is 6.18 Å². The van der Waals surface area contributed by atoms with Gasteiger partial charge in [0.2, 0.25) is 5.89 Å². The summed E-state index contributed by atoms with van der Waals surface area (Å²) in [7, 11) is 0. The van der Waals surface area contributed by atoms with Gasteiger partial charge in [-0.25, -0.2) is 4.98 Å². The minimum Gasteiger partial charge on any atom is -0.447 e. The van der Waals surface area contributed by atoms with E-state index < -0.39 is 11.7 Å². The SMILES string of the molecule is CC(C)[C@@H](C)N(Cc1cccc(C(F)(F)F)c1)Cc1nc(C(=O)NC2CC2)co1. The molecule has 1 fully saturated rings. The Balaban J connectivity index is 1.74. The van der Waals surface area contributed by atoms with Crippen LogP contribution in [0, 0.1) is 5.92 Å². The van der Waals surface area contributed by atoms with E-state index in [-0.39, 0.29) is 29.6 Å². The van der Waals surface area contributed by atoms with Gasteiger partial charge in [0.1, 0.15) is 6.26 Å². The third-order valence-electron chi connectivity index (χ3n) is 5.22. The molecule has 0 saturated heterocycles. The molecule has 0 radical (unpaired) electrons. The van der Waals surface area contributed by atoms with Crippen molar-refractivity contribution >= 4 is 5.91 Å². The molecule has 8 heteroatoms. The van der Waals surface area contributed by atoms with E-state index in [0.717, 1.165) is 18.9 Å². The first-order valence-electron chi connectivity index (χ1n) is 9.79. The number of halogens is 3. The number of hydrogen-bond donors (Lipinski definition) is 1. The van der Waals surface area contributed by atoms with Gasteiger partial charge in [0.15, 0.2) is 5.69 Å². The Labute approximate surface area is 168 Å². The second-order valence-electron chi connectivity index (χ2n) is 7.96. The van der Waals surface area contributed by atoms with Crippen LogP contribution in [-0.4, -0.2) is 27.9 Å². The molecule has 29 heavy (non-hydrogen) atoms. The molecule has 1 atom stereocenters. The molecule has 1 aromatic carbocycles. The molecule has 158 valence electrons. The molecule has 1 N–H and O–H groups in total. The van der Waals surface area contributed by atoms with Crippen molar-refractivity contribution < 1.29 is 22.4 Å². The maximum Gasteiger partial charge on any atom is 0.416 e. The van der Waals surface area contributed by atoms with Gasteiger partial charge in [-0.1, -0.05) is 32.0 Å². The van der Waals surface area contributed by atoms with Gasteiger partial charge in [-0.15, -0.1) is 0 Å². The number of benzene rings is 1. The third kappa shape index (κ3) is 5.82. The molecule has 1 heterocycles. The zero-order valence-corrected chi connectivity index (χ0v) is 16.8. The second-order valence-corrected chi connectivity index (χ2v) is 7.96. The molecule has 0 bridgehead atoms. The zero-order valence-electron chi connectivity index (χ0n) is 16.8. The largest absolute Gasteiger partial charge is 0.447 e. The molecule has 0 aliphatic heterocycles. The maximum absolute atomic E-state index is 13.0. The van der Waals surface area contributed by atoms with Crippen molar-refractivity contribution in [2.24, 2.45) is 5.92 Å². The van der Waals surface area contributed by atoms with Crippen LogP contribution in [-0.2, 0) is 19.3 Å². The average Bonchev–Trinajstić information content (AvgIpc) is 3.34. The summed E-state index contributed by atoms with van der Waals surface area (Å²) in [6.45, 7) is 6.73. The minimum atomic E-state index is -4.38. The number of rotatable bonds is 8. The van der Waals surface area contributed by atoms with Crippen LogP contribution >= 0.6 is 0 Å². The van der Waals surface area contributed by atoms with Crippen molar-refractivity contribution in [3.05, 3.63) is 53.2 Å². The molecule has 2 aromatic rings. The van der Waals surface area contributed by atoms with Crippen molar-refractivity contribution in [2.75, 3.05) is 0 Å². The number of hydrogen-bond acceptors (Lipinski definition) is 4. The summed E-state index contributed by atoms with van der Waals surface area (Å²) in [6, 6.07) is 5.63. The summed E-state index contributed by atoms with van der Waals surface area (Å²) in [5.41, 5.74) is 0.121. The van der Waals surface area contributed by atoms with E-state index >= 15 is 0 Å². The number of nitrogens with zero attached hydrogens (tertiary/aromatic N) is 2. The third-order valence-corrected chi connectivity index (χ3v) is 5.22. The monoisotopic (exact) mass is 409 g/mol. The van der Waals surface area contributed by atoms with Crippen LogP contribution in [0.4, 0.5) is 13.2 Å². The minimum absolute atomic E-state index is 0.0696. The number of aromatic nitrogens is 1. The Morgan fingerprint density at radius 3 is 2.62 bits per heavy atom. The Morgan fingerprint density at radius 2 is 2.00 bits per heavy atom. The number of nitrogens with one attached hydrogen (secondary N) is 1. The van der Waals surface area contributed by atoms with Crippen molar-refractivity contribution in [1.82, 2.24) is 15.2 Å². The fourth-order valence-electron chi connectivity index (χ4n) is 2.99. The molecular formula is C21H26F3N3O2. The van der Waals surface area contributed by atoms with Gasteiger partial charge in [-0.2, -0.15) is 13.2 Å². The van der Waals surface area contributed by atoms with E-state index in [2.05, 4.69) is 10.3 Å². The van der Waals surface area contributed by atoms with E-state index in [4.69, 9.17) is 4.42 Å². The van der Waals surface area contributed by atoms with Crippen LogP contribution in [0.15, 0.2) is 34.9 Å². The highest BCUT2D eigenvalue weighted by atomic mass is 19.4. The highest BCUT2D eigenvalue weighted by Crippen LogP contribution is 2.30. The first kappa shape index (κ1) is 21.4. The van der Waals surface area contributed by atoms with Gasteiger partial charge in [0.25, 0.3) is 5.91 Å². The summed E-state index contributed by atoms with van der Waals surface area (Å²) in [4.78, 5) is 18.4. The molecule has 1 aliphatic rings. The second kappa shape index (κ2) is 8.57. The topological polar surface area (TPSA) is 58.4 Å². The molecule has 1 aromatic heterocycles. The standard InChI is InChI=1S/C21H26F3N3O2/c1-13(2)14(3)27(10-15-5-4-6-16(9-15)21(22,23)24)11-19-26-18(12-29-19)20(28)25-17-7-8-17/h4-6,9,12-14,17H,7-8,10-11H2,1-3H3,(H,25,28)/t14-/m1/s1. The van der Waals surface area contributed by atoms with Crippen LogP contribution < -0.4 is 5.32 Å². The van der Waals surface area contributed by atoms with Gasteiger partial charge < -0.3 is 9.73 Å². The first-order valence-corrected chi connectivity index (χ1v) is 9.79. The van der Waals surface area contributed by atoms with Crippen LogP contribution in [0.25, 0.3) is 0 Å². The summed E-state index contributed by atoms with van der Waals surface area (Å²) in [5.74, 6) is 0.377. The fraction of sp³-hybridized carbons (Fsp3) is 0.524. The smallest absolute Gasteiger partial charge is 0.416 e. The van der Waals surface area contributed by atoms with E-state index in [1.165, 1.54) is 18.4 Å². The summed E-state index contributed by atoms with van der Waals surface area (Å²) >= 11 is 0. The van der Waals surface area contributed by atoms with Gasteiger partial charge in [-0.3, -0.25) is 9.69 Å². The van der Waals surface area contributed by atoms with E-state index in [1.54, 1.807) is 6.07 Å². The fourth-order valence-corrected chi connectivity index (χ4v) is 2.99. The van der Waals surface area contributed by atoms with Crippen LogP contribution in [0.5, 0.6) is 0 Å². The summed E-state index contributed by atoms with van der Waals surface area (Å²) in [5, 5.41) is 2.86. The van der Waals surface area contributed by atoms with E-state index in [0.29, 0.717) is 24.5 Å². The number of oxazole rings is 1. The van der Waals surface area contributed by atoms with Crippen molar-refractivity contribution in [2.45, 2.75) is 65.0 Å². The average molecular weight is 409 g/mol. The lowest BCUT2D eigenvalue weighted by Gasteiger charge is -2.31. The highest BCUT2D eigenvalue weighted by Gasteiger charge is 2.31. The summed E-state index contributed by atoms with van der Waals surface area (Å²) < 4.78 is 44.6. The van der Waals surface area contributed by atoms with Crippen LogP contribution in [0.2, 0.25) is 0 Å². The lowest BCUT2D eigenvalue weighted by Crippen LogP contribution is -2.36. The Kier molecular flexibility index (Phi) is 6.31. The van der Waals surface area contributed by atoms with Crippen LogP contribution in [0.3, 0.4) is 0 Å². The van der Waals surface area contributed by atoms with Crippen LogP contribution in [0.1, 0.15) is 61.1 Å². The zero-order chi connectivity index (χ0) is 21.2. The number of amides is 1. The predicted octanol–water partition coefficient (Wildman–Crippen LogP) is 4.63. The van der Waals surface area contributed by atoms with Crippen molar-refractivity contribution in [3.8, 4) is 0 Å².